The van der Waals surface area contributed by atoms with E-state index in [0.29, 0.717) is 35.6 Å². The van der Waals surface area contributed by atoms with E-state index >= 15 is 0 Å². The maximum absolute atomic E-state index is 13.2. The van der Waals surface area contributed by atoms with Gasteiger partial charge in [-0.15, -0.1) is 0 Å². The monoisotopic (exact) mass is 463 g/mol. The lowest BCUT2D eigenvalue weighted by Crippen LogP contribution is -2.32. The molecule has 10 heteroatoms. The number of imidazole rings is 1. The molecule has 176 valence electrons. The van der Waals surface area contributed by atoms with Crippen LogP contribution in [-0.4, -0.2) is 68.1 Å². The van der Waals surface area contributed by atoms with Crippen LogP contribution in [0.5, 0.6) is 0 Å². The van der Waals surface area contributed by atoms with Crippen LogP contribution >= 0.6 is 0 Å². The molecule has 2 aromatic heterocycles. The molecule has 1 aliphatic rings. The summed E-state index contributed by atoms with van der Waals surface area (Å²) in [6.07, 6.45) is 2.29. The van der Waals surface area contributed by atoms with E-state index in [1.54, 1.807) is 41.8 Å². The lowest BCUT2D eigenvalue weighted by Gasteiger charge is -2.25. The minimum absolute atomic E-state index is 0.107. The van der Waals surface area contributed by atoms with Crippen molar-refractivity contribution in [2.24, 2.45) is 0 Å². The summed E-state index contributed by atoms with van der Waals surface area (Å²) >= 11 is 0. The number of hydrogen-bond acceptors (Lipinski definition) is 7. The van der Waals surface area contributed by atoms with Crippen LogP contribution in [0.1, 0.15) is 29.4 Å². The minimum atomic E-state index is -0.962. The molecule has 0 unspecified atom stereocenters. The van der Waals surface area contributed by atoms with E-state index in [9.17, 15) is 24.8 Å². The Hall–Kier alpha value is -4.05. The van der Waals surface area contributed by atoms with Gasteiger partial charge in [0, 0.05) is 24.9 Å². The number of nitrogens with zero attached hydrogens (tertiary/aromatic N) is 5. The van der Waals surface area contributed by atoms with Gasteiger partial charge in [-0.3, -0.25) is 24.1 Å². The number of aliphatic hydroxyl groups is 1. The first-order valence-electron chi connectivity index (χ1n) is 10.8. The number of likely N-dealkylation sites (tertiary alicyclic amines) is 1. The molecular formula is C24H25N5O5. The van der Waals surface area contributed by atoms with E-state index in [1.807, 2.05) is 19.0 Å². The summed E-state index contributed by atoms with van der Waals surface area (Å²) in [5, 5.41) is 22.8. The van der Waals surface area contributed by atoms with Crippen LogP contribution < -0.4 is 0 Å². The molecule has 4 rings (SSSR count). The van der Waals surface area contributed by atoms with Crippen molar-refractivity contribution in [1.82, 2.24) is 19.2 Å². The quantitative estimate of drug-likeness (QED) is 0.188. The van der Waals surface area contributed by atoms with Crippen LogP contribution in [0.3, 0.4) is 0 Å². The number of aromatic nitrogens is 2. The van der Waals surface area contributed by atoms with Crippen LogP contribution in [0.4, 0.5) is 5.69 Å². The number of benzene rings is 1. The summed E-state index contributed by atoms with van der Waals surface area (Å²) in [7, 11) is 3.80. The van der Waals surface area contributed by atoms with Gasteiger partial charge in [-0.2, -0.15) is 0 Å². The molecule has 0 spiro atoms. The number of aryl methyl sites for hydroxylation is 1. The Kier molecular flexibility index (Phi) is 6.16. The standard InChI is InChI=1S/C24H25N5O5/c1-15-20(27-12-5-4-10-18(27)25-15)22(30)19-21(16-8-6-9-17(14-16)29(33)34)28(24(32)23(19)31)13-7-11-26(2)3/h4-6,8-10,12,14,21,30H,7,11,13H2,1-3H3/b22-19+/t21-/m0/s1. The van der Waals surface area contributed by atoms with Crippen molar-refractivity contribution < 1.29 is 19.6 Å². The summed E-state index contributed by atoms with van der Waals surface area (Å²) in [6.45, 7) is 2.63. The number of rotatable bonds is 7. The smallest absolute Gasteiger partial charge is 0.295 e. The Balaban J connectivity index is 1.91. The fourth-order valence-electron chi connectivity index (χ4n) is 4.35. The van der Waals surface area contributed by atoms with Crippen molar-refractivity contribution >= 4 is 28.8 Å². The fraction of sp³-hybridized carbons (Fsp3) is 0.292. The lowest BCUT2D eigenvalue weighted by atomic mass is 9.96. The largest absolute Gasteiger partial charge is 0.505 e. The van der Waals surface area contributed by atoms with Gasteiger partial charge in [-0.05, 0) is 51.7 Å². The predicted molar refractivity (Wildman–Crippen MR) is 125 cm³/mol. The number of aliphatic hydroxyl groups excluding tert-OH is 1. The summed E-state index contributed by atoms with van der Waals surface area (Å²) in [5.74, 6) is -1.94. The zero-order valence-electron chi connectivity index (χ0n) is 19.1. The third-order valence-electron chi connectivity index (χ3n) is 5.87. The van der Waals surface area contributed by atoms with Crippen LogP contribution in [-0.2, 0) is 9.59 Å². The van der Waals surface area contributed by atoms with Gasteiger partial charge in [0.2, 0.25) is 0 Å². The molecule has 0 radical (unpaired) electrons. The molecule has 0 bridgehead atoms. The molecule has 34 heavy (non-hydrogen) atoms. The first-order chi connectivity index (χ1) is 16.2. The third kappa shape index (κ3) is 4.03. The number of Topliss-reactive ketones (excluding diaryl/α,β-unsaturated/α-hetero) is 1. The highest BCUT2D eigenvalue weighted by molar-refractivity contribution is 6.46. The lowest BCUT2D eigenvalue weighted by molar-refractivity contribution is -0.384. The topological polar surface area (TPSA) is 121 Å². The van der Waals surface area contributed by atoms with Crippen molar-refractivity contribution in [2.75, 3.05) is 27.2 Å². The van der Waals surface area contributed by atoms with E-state index in [4.69, 9.17) is 0 Å². The first-order valence-corrected chi connectivity index (χ1v) is 10.8. The van der Waals surface area contributed by atoms with Gasteiger partial charge in [0.25, 0.3) is 17.4 Å². The van der Waals surface area contributed by atoms with E-state index in [0.717, 1.165) is 0 Å². The van der Waals surface area contributed by atoms with Crippen LogP contribution in [0.25, 0.3) is 11.4 Å². The molecule has 1 atom stereocenters. The molecule has 1 aromatic carbocycles. The Morgan fingerprint density at radius 3 is 2.68 bits per heavy atom. The maximum atomic E-state index is 13.2. The van der Waals surface area contributed by atoms with Crippen LogP contribution in [0.2, 0.25) is 0 Å². The molecule has 3 heterocycles. The second-order valence-corrected chi connectivity index (χ2v) is 8.48. The molecule has 10 nitrogen and oxygen atoms in total. The molecule has 3 aromatic rings. The molecule has 1 amide bonds. The van der Waals surface area contributed by atoms with Crippen molar-refractivity contribution in [1.29, 1.82) is 0 Å². The van der Waals surface area contributed by atoms with Gasteiger partial charge >= 0.3 is 0 Å². The fourth-order valence-corrected chi connectivity index (χ4v) is 4.35. The zero-order chi connectivity index (χ0) is 24.6. The van der Waals surface area contributed by atoms with Crippen molar-refractivity contribution in [3.05, 3.63) is 81.3 Å². The number of ketones is 1. The Morgan fingerprint density at radius 2 is 1.97 bits per heavy atom. The summed E-state index contributed by atoms with van der Waals surface area (Å²) in [5.41, 5.74) is 1.48. The van der Waals surface area contributed by atoms with Gasteiger partial charge in [0.05, 0.1) is 22.2 Å². The van der Waals surface area contributed by atoms with Gasteiger partial charge in [0.15, 0.2) is 5.76 Å². The third-order valence-corrected chi connectivity index (χ3v) is 5.87. The molecule has 0 aliphatic carbocycles. The first kappa shape index (κ1) is 23.1. The molecule has 1 aliphatic heterocycles. The zero-order valence-corrected chi connectivity index (χ0v) is 19.1. The van der Waals surface area contributed by atoms with Crippen molar-refractivity contribution in [3.63, 3.8) is 0 Å². The number of carbonyl (C=O) groups excluding carboxylic acids is 2. The van der Waals surface area contributed by atoms with E-state index < -0.39 is 22.7 Å². The molecular weight excluding hydrogens is 438 g/mol. The van der Waals surface area contributed by atoms with Gasteiger partial charge in [-0.25, -0.2) is 4.98 Å². The number of carbonyl (C=O) groups is 2. The van der Waals surface area contributed by atoms with E-state index in [2.05, 4.69) is 4.98 Å². The number of nitro benzene ring substituents is 1. The van der Waals surface area contributed by atoms with Gasteiger partial charge < -0.3 is 14.9 Å². The summed E-state index contributed by atoms with van der Waals surface area (Å²) in [6, 6.07) is 10.2. The van der Waals surface area contributed by atoms with Gasteiger partial charge in [0.1, 0.15) is 11.3 Å². The average molecular weight is 463 g/mol. The average Bonchev–Trinajstić information content (AvgIpc) is 3.26. The molecule has 1 fully saturated rings. The molecule has 1 saturated heterocycles. The van der Waals surface area contributed by atoms with Gasteiger partial charge in [-0.1, -0.05) is 18.2 Å². The van der Waals surface area contributed by atoms with Crippen LogP contribution in [0, 0.1) is 17.0 Å². The summed E-state index contributed by atoms with van der Waals surface area (Å²) < 4.78 is 1.65. The van der Waals surface area contributed by atoms with Crippen molar-refractivity contribution in [2.45, 2.75) is 19.4 Å². The Labute approximate surface area is 195 Å². The highest BCUT2D eigenvalue weighted by Gasteiger charge is 2.46. The number of hydrogen-bond donors (Lipinski definition) is 1. The second-order valence-electron chi connectivity index (χ2n) is 8.48. The number of pyridine rings is 1. The summed E-state index contributed by atoms with van der Waals surface area (Å²) in [4.78, 5) is 44.9. The van der Waals surface area contributed by atoms with E-state index in [1.165, 1.54) is 23.1 Å². The molecule has 1 N–H and O–H groups in total. The number of fused-ring (bicyclic) bond motifs is 1. The normalized spacial score (nSPS) is 17.8. The molecule has 0 saturated carbocycles. The van der Waals surface area contributed by atoms with E-state index in [-0.39, 0.29) is 23.6 Å². The number of amides is 1. The highest BCUT2D eigenvalue weighted by atomic mass is 16.6. The second kappa shape index (κ2) is 9.06. The number of non-ortho nitro benzene ring substituents is 1. The Bertz CT molecular complexity index is 1330. The Morgan fingerprint density at radius 1 is 1.21 bits per heavy atom. The highest BCUT2D eigenvalue weighted by Crippen LogP contribution is 2.40. The SMILES string of the molecule is Cc1nc2ccccn2c1/C(O)=C1\C(=O)C(=O)N(CCCN(C)C)[C@H]1c1cccc([N+](=O)[O-])c1. The predicted octanol–water partition coefficient (Wildman–Crippen LogP) is 2.92. The van der Waals surface area contributed by atoms with Crippen molar-refractivity contribution in [3.8, 4) is 0 Å². The number of nitro groups is 1. The maximum Gasteiger partial charge on any atom is 0.295 e. The minimum Gasteiger partial charge on any atom is -0.505 e. The van der Waals surface area contributed by atoms with Crippen LogP contribution in [0.15, 0.2) is 54.2 Å².